The number of para-hydroxylation sites is 2. The first-order valence-electron chi connectivity index (χ1n) is 6.71. The van der Waals surface area contributed by atoms with Crippen molar-refractivity contribution in [1.29, 1.82) is 0 Å². The van der Waals surface area contributed by atoms with Gasteiger partial charge in [-0.3, -0.25) is 4.98 Å². The second kappa shape index (κ2) is 4.51. The summed E-state index contributed by atoms with van der Waals surface area (Å²) < 4.78 is 39.9. The molecule has 6 heteroatoms. The van der Waals surface area contributed by atoms with Crippen molar-refractivity contribution in [2.24, 2.45) is 0 Å². The lowest BCUT2D eigenvalue weighted by atomic mass is 10.1. The fraction of sp³-hybridized carbons (Fsp3) is 0.0625. The number of fused-ring (bicyclic) bond motifs is 2. The molecule has 2 heterocycles. The van der Waals surface area contributed by atoms with E-state index in [2.05, 4.69) is 4.98 Å². The molecule has 1 aliphatic rings. The molecule has 0 amide bonds. The number of benzene rings is 2. The van der Waals surface area contributed by atoms with Crippen molar-refractivity contribution in [2.75, 3.05) is 4.31 Å². The third-order valence-corrected chi connectivity index (χ3v) is 5.35. The molecule has 1 aromatic heterocycles. The minimum Gasteiger partial charge on any atom is -0.251 e. The number of hydrogen-bond acceptors (Lipinski definition) is 3. The summed E-state index contributed by atoms with van der Waals surface area (Å²) in [6.07, 6.45) is 1.39. The highest BCUT2D eigenvalue weighted by molar-refractivity contribution is 7.92. The third-order valence-electron chi connectivity index (χ3n) is 3.71. The van der Waals surface area contributed by atoms with Crippen LogP contribution in [0.2, 0.25) is 0 Å². The van der Waals surface area contributed by atoms with Crippen LogP contribution in [0.5, 0.6) is 0 Å². The van der Waals surface area contributed by atoms with E-state index in [0.29, 0.717) is 16.8 Å². The zero-order valence-corrected chi connectivity index (χ0v) is 12.2. The molecule has 4 nitrogen and oxygen atoms in total. The average molecular weight is 314 g/mol. The van der Waals surface area contributed by atoms with Crippen molar-refractivity contribution >= 4 is 32.3 Å². The van der Waals surface area contributed by atoms with Gasteiger partial charge in [0.25, 0.3) is 0 Å². The quantitative estimate of drug-likeness (QED) is 0.692. The molecule has 0 saturated heterocycles. The Morgan fingerprint density at radius 2 is 1.91 bits per heavy atom. The van der Waals surface area contributed by atoms with Gasteiger partial charge in [-0.25, -0.2) is 17.1 Å². The Morgan fingerprint density at radius 3 is 2.77 bits per heavy atom. The fourth-order valence-corrected chi connectivity index (χ4v) is 4.43. The predicted molar refractivity (Wildman–Crippen MR) is 82.9 cm³/mol. The van der Waals surface area contributed by atoms with E-state index in [1.807, 2.05) is 6.07 Å². The molecule has 0 radical (unpaired) electrons. The summed E-state index contributed by atoms with van der Waals surface area (Å²) in [6.45, 7) is 0. The van der Waals surface area contributed by atoms with Crippen LogP contribution in [-0.2, 0) is 15.8 Å². The van der Waals surface area contributed by atoms with Crippen LogP contribution in [0.4, 0.5) is 15.8 Å². The smallest absolute Gasteiger partial charge is 0.243 e. The highest BCUT2D eigenvalue weighted by Crippen LogP contribution is 2.39. The Bertz CT molecular complexity index is 1000. The fourth-order valence-electron chi connectivity index (χ4n) is 2.76. The Balaban J connectivity index is 1.95. The Morgan fingerprint density at radius 1 is 1.09 bits per heavy atom. The minimum atomic E-state index is -3.48. The predicted octanol–water partition coefficient (Wildman–Crippen LogP) is 3.36. The van der Waals surface area contributed by atoms with E-state index in [-0.39, 0.29) is 11.3 Å². The first-order valence-corrected chi connectivity index (χ1v) is 8.32. The molecule has 0 bridgehead atoms. The van der Waals surface area contributed by atoms with Crippen molar-refractivity contribution in [3.05, 3.63) is 66.1 Å². The summed E-state index contributed by atoms with van der Waals surface area (Å²) in [6, 6.07) is 13.4. The molecular weight excluding hydrogens is 303 g/mol. The Kier molecular flexibility index (Phi) is 2.71. The SMILES string of the molecule is O=S1(=O)Cc2ccccc2N1c1cnc2c(F)cccc2c1. The lowest BCUT2D eigenvalue weighted by Crippen LogP contribution is -2.21. The Labute approximate surface area is 126 Å². The van der Waals surface area contributed by atoms with Gasteiger partial charge in [0.2, 0.25) is 10.0 Å². The molecule has 4 rings (SSSR count). The number of hydrogen-bond donors (Lipinski definition) is 0. The second-order valence-electron chi connectivity index (χ2n) is 5.15. The van der Waals surface area contributed by atoms with Crippen LogP contribution in [0.15, 0.2) is 54.7 Å². The number of halogens is 1. The number of nitrogens with zero attached hydrogens (tertiary/aromatic N) is 2. The maximum atomic E-state index is 13.7. The van der Waals surface area contributed by atoms with E-state index in [1.165, 1.54) is 16.6 Å². The van der Waals surface area contributed by atoms with Gasteiger partial charge in [-0.2, -0.15) is 0 Å². The number of rotatable bonds is 1. The van der Waals surface area contributed by atoms with E-state index < -0.39 is 15.8 Å². The summed E-state index contributed by atoms with van der Waals surface area (Å²) in [5.41, 5.74) is 2.03. The van der Waals surface area contributed by atoms with Crippen LogP contribution in [0.1, 0.15) is 5.56 Å². The van der Waals surface area contributed by atoms with Gasteiger partial charge in [-0.05, 0) is 23.8 Å². The van der Waals surface area contributed by atoms with Crippen LogP contribution in [0, 0.1) is 5.82 Å². The van der Waals surface area contributed by atoms with Gasteiger partial charge in [0.1, 0.15) is 11.3 Å². The molecule has 0 saturated carbocycles. The summed E-state index contributed by atoms with van der Waals surface area (Å²) in [5, 5.41) is 0.567. The lowest BCUT2D eigenvalue weighted by Gasteiger charge is -2.18. The van der Waals surface area contributed by atoms with Crippen molar-refractivity contribution in [1.82, 2.24) is 4.98 Å². The maximum absolute atomic E-state index is 13.7. The van der Waals surface area contributed by atoms with Gasteiger partial charge in [0.05, 0.1) is 23.3 Å². The van der Waals surface area contributed by atoms with Crippen LogP contribution >= 0.6 is 0 Å². The van der Waals surface area contributed by atoms with Crippen molar-refractivity contribution < 1.29 is 12.8 Å². The van der Waals surface area contributed by atoms with Crippen molar-refractivity contribution in [2.45, 2.75) is 5.75 Å². The van der Waals surface area contributed by atoms with E-state index >= 15 is 0 Å². The molecule has 0 unspecified atom stereocenters. The zero-order valence-electron chi connectivity index (χ0n) is 11.4. The minimum absolute atomic E-state index is 0.0373. The molecule has 0 spiro atoms. The molecule has 22 heavy (non-hydrogen) atoms. The van der Waals surface area contributed by atoms with Gasteiger partial charge < -0.3 is 0 Å². The monoisotopic (exact) mass is 314 g/mol. The lowest BCUT2D eigenvalue weighted by molar-refractivity contribution is 0.598. The summed E-state index contributed by atoms with van der Waals surface area (Å²) in [7, 11) is -3.48. The number of aromatic nitrogens is 1. The summed E-state index contributed by atoms with van der Waals surface area (Å²) in [5.74, 6) is -0.460. The van der Waals surface area contributed by atoms with Gasteiger partial charge in [0, 0.05) is 5.39 Å². The number of anilines is 2. The van der Waals surface area contributed by atoms with Crippen LogP contribution < -0.4 is 4.31 Å². The first-order chi connectivity index (χ1) is 10.6. The largest absolute Gasteiger partial charge is 0.251 e. The van der Waals surface area contributed by atoms with E-state index in [9.17, 15) is 12.8 Å². The highest BCUT2D eigenvalue weighted by Gasteiger charge is 2.34. The van der Waals surface area contributed by atoms with E-state index in [1.54, 1.807) is 36.4 Å². The highest BCUT2D eigenvalue weighted by atomic mass is 32.2. The molecule has 0 aliphatic carbocycles. The normalized spacial score (nSPS) is 16.0. The first kappa shape index (κ1) is 13.2. The van der Waals surface area contributed by atoms with Gasteiger partial charge in [-0.1, -0.05) is 30.3 Å². The van der Waals surface area contributed by atoms with E-state index in [0.717, 1.165) is 5.56 Å². The van der Waals surface area contributed by atoms with Crippen LogP contribution in [0.25, 0.3) is 10.9 Å². The summed E-state index contributed by atoms with van der Waals surface area (Å²) >= 11 is 0. The van der Waals surface area contributed by atoms with Crippen LogP contribution in [-0.4, -0.2) is 13.4 Å². The van der Waals surface area contributed by atoms with Crippen molar-refractivity contribution in [3.63, 3.8) is 0 Å². The van der Waals surface area contributed by atoms with Crippen LogP contribution in [0.3, 0.4) is 0 Å². The molecule has 0 atom stereocenters. The third kappa shape index (κ3) is 1.88. The molecule has 0 N–H and O–H groups in total. The molecule has 110 valence electrons. The van der Waals surface area contributed by atoms with E-state index in [4.69, 9.17) is 0 Å². The number of pyridine rings is 1. The number of sulfonamides is 1. The molecular formula is C16H11FN2O2S. The van der Waals surface area contributed by atoms with Crippen molar-refractivity contribution in [3.8, 4) is 0 Å². The summed E-state index contributed by atoms with van der Waals surface area (Å²) in [4.78, 5) is 4.08. The Hall–Kier alpha value is -2.47. The zero-order chi connectivity index (χ0) is 15.3. The van der Waals surface area contributed by atoms with Gasteiger partial charge in [0.15, 0.2) is 0 Å². The molecule has 1 aliphatic heterocycles. The average Bonchev–Trinajstić information content (AvgIpc) is 2.76. The maximum Gasteiger partial charge on any atom is 0.243 e. The topological polar surface area (TPSA) is 50.3 Å². The molecule has 0 fully saturated rings. The second-order valence-corrected chi connectivity index (χ2v) is 6.97. The molecule has 2 aromatic carbocycles. The standard InChI is InChI=1S/C16H11FN2O2S/c17-14-6-3-5-11-8-13(9-18-16(11)14)19-15-7-2-1-4-12(15)10-22(19,20)21/h1-9H,10H2. The van der Waals surface area contributed by atoms with Gasteiger partial charge >= 0.3 is 0 Å². The van der Waals surface area contributed by atoms with Gasteiger partial charge in [-0.15, -0.1) is 0 Å². The molecule has 3 aromatic rings.